The molecule has 0 fully saturated rings. The average molecular weight is 319 g/mol. The molecule has 1 atom stereocenters. The summed E-state index contributed by atoms with van der Waals surface area (Å²) < 4.78 is 1.70. The van der Waals surface area contributed by atoms with E-state index in [9.17, 15) is 4.79 Å². The lowest BCUT2D eigenvalue weighted by atomic mass is 10.1. The quantitative estimate of drug-likeness (QED) is 0.914. The number of para-hydroxylation sites is 1. The van der Waals surface area contributed by atoms with E-state index < -0.39 is 0 Å². The summed E-state index contributed by atoms with van der Waals surface area (Å²) in [5.74, 6) is 1.32. The fraction of sp³-hybridized carbons (Fsp3) is 0.467. The van der Waals surface area contributed by atoms with Crippen LogP contribution in [0.5, 0.6) is 0 Å². The molecule has 0 aliphatic heterocycles. The fourth-order valence-corrected chi connectivity index (χ4v) is 2.60. The van der Waals surface area contributed by atoms with Gasteiger partial charge in [0.05, 0.1) is 16.7 Å². The van der Waals surface area contributed by atoms with Crippen molar-refractivity contribution in [3.05, 3.63) is 36.2 Å². The zero-order valence-corrected chi connectivity index (χ0v) is 14.1. The Morgan fingerprint density at radius 3 is 2.64 bits per heavy atom. The molecule has 0 saturated heterocycles. The number of amides is 1. The number of thioether (sulfide) groups is 1. The Kier molecular flexibility index (Phi) is 5.18. The first kappa shape index (κ1) is 16.5. The van der Waals surface area contributed by atoms with Gasteiger partial charge in [0.15, 0.2) is 5.82 Å². The summed E-state index contributed by atoms with van der Waals surface area (Å²) in [5.41, 5.74) is 0.687. The summed E-state index contributed by atoms with van der Waals surface area (Å²) in [7, 11) is 0. The van der Waals surface area contributed by atoms with Crippen LogP contribution >= 0.6 is 11.8 Å². The van der Waals surface area contributed by atoms with Crippen LogP contribution in [0.2, 0.25) is 0 Å². The minimum absolute atomic E-state index is 0.0243. The molecule has 1 N–H and O–H groups in total. The number of tetrazole rings is 1. The Morgan fingerprint density at radius 1 is 1.32 bits per heavy atom. The van der Waals surface area contributed by atoms with Crippen LogP contribution < -0.4 is 5.32 Å². The van der Waals surface area contributed by atoms with Crippen LogP contribution in [0.1, 0.15) is 33.5 Å². The summed E-state index contributed by atoms with van der Waals surface area (Å²) in [5, 5.41) is 14.6. The minimum atomic E-state index is -0.225. The number of hydrogen-bond donors (Lipinski definition) is 1. The molecule has 1 aromatic carbocycles. The van der Waals surface area contributed by atoms with E-state index in [1.165, 1.54) is 11.8 Å². The molecular formula is C15H21N5OS. The van der Waals surface area contributed by atoms with Crippen molar-refractivity contribution >= 4 is 17.7 Å². The van der Waals surface area contributed by atoms with Crippen LogP contribution in [-0.4, -0.2) is 36.9 Å². The number of benzene rings is 1. The topological polar surface area (TPSA) is 72.7 Å². The van der Waals surface area contributed by atoms with Crippen LogP contribution in [-0.2, 0) is 10.5 Å². The standard InChI is InChI=1S/C15H21N5OS/c1-11(14(21)16-15(2,3)4)22-10-13-17-18-19-20(13)12-8-6-5-7-9-12/h5-9,11H,10H2,1-4H3,(H,16,21). The average Bonchev–Trinajstić information content (AvgIpc) is 2.92. The van der Waals surface area contributed by atoms with Gasteiger partial charge in [0, 0.05) is 5.54 Å². The Labute approximate surface area is 134 Å². The molecule has 1 unspecified atom stereocenters. The molecule has 2 aromatic rings. The van der Waals surface area contributed by atoms with Gasteiger partial charge in [-0.05, 0) is 50.3 Å². The highest BCUT2D eigenvalue weighted by atomic mass is 32.2. The van der Waals surface area contributed by atoms with E-state index in [0.717, 1.165) is 11.5 Å². The SMILES string of the molecule is CC(SCc1nnnn1-c1ccccc1)C(=O)NC(C)(C)C. The number of rotatable bonds is 5. The van der Waals surface area contributed by atoms with Crippen molar-refractivity contribution in [2.24, 2.45) is 0 Å². The van der Waals surface area contributed by atoms with E-state index in [-0.39, 0.29) is 16.7 Å². The lowest BCUT2D eigenvalue weighted by Crippen LogP contribution is -2.44. The minimum Gasteiger partial charge on any atom is -0.351 e. The first-order valence-electron chi connectivity index (χ1n) is 7.13. The van der Waals surface area contributed by atoms with Crippen LogP contribution in [0.15, 0.2) is 30.3 Å². The summed E-state index contributed by atoms with van der Waals surface area (Å²) in [6.45, 7) is 7.80. The monoisotopic (exact) mass is 319 g/mol. The number of aromatic nitrogens is 4. The second-order valence-corrected chi connectivity index (χ2v) is 7.36. The lowest BCUT2D eigenvalue weighted by molar-refractivity contribution is -0.121. The number of nitrogens with one attached hydrogen (secondary N) is 1. The normalized spacial score (nSPS) is 12.9. The molecule has 118 valence electrons. The summed E-state index contributed by atoms with van der Waals surface area (Å²) >= 11 is 1.52. The fourth-order valence-electron chi connectivity index (χ4n) is 1.81. The highest BCUT2D eigenvalue weighted by molar-refractivity contribution is 7.99. The third-order valence-corrected chi connectivity index (χ3v) is 4.00. The molecule has 0 aliphatic carbocycles. The molecule has 1 heterocycles. The van der Waals surface area contributed by atoms with Gasteiger partial charge in [-0.25, -0.2) is 0 Å². The second kappa shape index (κ2) is 6.91. The number of hydrogen-bond acceptors (Lipinski definition) is 5. The molecule has 0 aliphatic rings. The molecule has 6 nitrogen and oxygen atoms in total. The Balaban J connectivity index is 1.98. The molecule has 1 aromatic heterocycles. The van der Waals surface area contributed by atoms with Crippen LogP contribution in [0.3, 0.4) is 0 Å². The van der Waals surface area contributed by atoms with Gasteiger partial charge in [0.25, 0.3) is 0 Å². The van der Waals surface area contributed by atoms with Crippen molar-refractivity contribution in [3.8, 4) is 5.69 Å². The maximum atomic E-state index is 12.1. The lowest BCUT2D eigenvalue weighted by Gasteiger charge is -2.22. The van der Waals surface area contributed by atoms with Gasteiger partial charge >= 0.3 is 0 Å². The zero-order valence-electron chi connectivity index (χ0n) is 13.3. The Hall–Kier alpha value is -1.89. The molecule has 0 spiro atoms. The third kappa shape index (κ3) is 4.56. The first-order chi connectivity index (χ1) is 10.4. The van der Waals surface area contributed by atoms with Crippen molar-refractivity contribution < 1.29 is 4.79 Å². The third-order valence-electron chi connectivity index (χ3n) is 2.86. The van der Waals surface area contributed by atoms with Gasteiger partial charge in [-0.1, -0.05) is 18.2 Å². The first-order valence-corrected chi connectivity index (χ1v) is 8.18. The van der Waals surface area contributed by atoms with Crippen molar-refractivity contribution in [2.45, 2.75) is 44.2 Å². The summed E-state index contributed by atoms with van der Waals surface area (Å²) in [6.07, 6.45) is 0. The van der Waals surface area contributed by atoms with E-state index in [0.29, 0.717) is 5.75 Å². The van der Waals surface area contributed by atoms with Gasteiger partial charge in [-0.15, -0.1) is 16.9 Å². The maximum Gasteiger partial charge on any atom is 0.233 e. The van der Waals surface area contributed by atoms with Crippen molar-refractivity contribution in [1.29, 1.82) is 0 Å². The number of carbonyl (C=O) groups excluding carboxylic acids is 1. The van der Waals surface area contributed by atoms with Gasteiger partial charge < -0.3 is 5.32 Å². The van der Waals surface area contributed by atoms with Gasteiger partial charge in [-0.3, -0.25) is 4.79 Å². The van der Waals surface area contributed by atoms with Crippen molar-refractivity contribution in [2.75, 3.05) is 0 Å². The van der Waals surface area contributed by atoms with E-state index in [1.807, 2.05) is 58.0 Å². The largest absolute Gasteiger partial charge is 0.351 e. The smallest absolute Gasteiger partial charge is 0.233 e. The molecule has 0 bridgehead atoms. The molecule has 22 heavy (non-hydrogen) atoms. The Morgan fingerprint density at radius 2 is 2.00 bits per heavy atom. The van der Waals surface area contributed by atoms with E-state index in [1.54, 1.807) is 4.68 Å². The summed E-state index contributed by atoms with van der Waals surface area (Å²) in [6, 6.07) is 9.71. The van der Waals surface area contributed by atoms with Crippen molar-refractivity contribution in [3.63, 3.8) is 0 Å². The highest BCUT2D eigenvalue weighted by Crippen LogP contribution is 2.18. The number of carbonyl (C=O) groups is 1. The molecule has 7 heteroatoms. The van der Waals surface area contributed by atoms with Crippen LogP contribution in [0.4, 0.5) is 0 Å². The van der Waals surface area contributed by atoms with E-state index >= 15 is 0 Å². The summed E-state index contributed by atoms with van der Waals surface area (Å²) in [4.78, 5) is 12.1. The molecular weight excluding hydrogens is 298 g/mol. The van der Waals surface area contributed by atoms with Gasteiger partial charge in [0.2, 0.25) is 5.91 Å². The molecule has 1 amide bonds. The van der Waals surface area contributed by atoms with Crippen molar-refractivity contribution in [1.82, 2.24) is 25.5 Å². The zero-order chi connectivity index (χ0) is 16.2. The maximum absolute atomic E-state index is 12.1. The van der Waals surface area contributed by atoms with Crippen LogP contribution in [0, 0.1) is 0 Å². The van der Waals surface area contributed by atoms with Crippen LogP contribution in [0.25, 0.3) is 5.69 Å². The Bertz CT molecular complexity index is 620. The molecule has 2 rings (SSSR count). The highest BCUT2D eigenvalue weighted by Gasteiger charge is 2.20. The van der Waals surface area contributed by atoms with Gasteiger partial charge in [-0.2, -0.15) is 4.68 Å². The van der Waals surface area contributed by atoms with E-state index in [2.05, 4.69) is 20.8 Å². The predicted molar refractivity (Wildman–Crippen MR) is 87.8 cm³/mol. The number of nitrogens with zero attached hydrogens (tertiary/aromatic N) is 4. The predicted octanol–water partition coefficient (Wildman–Crippen LogP) is 2.20. The van der Waals surface area contributed by atoms with Gasteiger partial charge in [0.1, 0.15) is 0 Å². The molecule has 0 radical (unpaired) electrons. The second-order valence-electron chi connectivity index (χ2n) is 6.03. The van der Waals surface area contributed by atoms with E-state index in [4.69, 9.17) is 0 Å². The molecule has 0 saturated carbocycles.